The summed E-state index contributed by atoms with van der Waals surface area (Å²) in [5, 5.41) is 4.54. The molecule has 0 atom stereocenters. The van der Waals surface area contributed by atoms with Crippen molar-refractivity contribution in [3.8, 4) is 0 Å². The average molecular weight is 337 g/mol. The summed E-state index contributed by atoms with van der Waals surface area (Å²) in [4.78, 5) is 2.27. The van der Waals surface area contributed by atoms with Crippen molar-refractivity contribution in [2.75, 3.05) is 17.2 Å². The van der Waals surface area contributed by atoms with Crippen molar-refractivity contribution in [3.05, 3.63) is 40.1 Å². The van der Waals surface area contributed by atoms with E-state index in [0.29, 0.717) is 0 Å². The zero-order valence-electron chi connectivity index (χ0n) is 12.2. The standard InChI is InChI=1S/C15H21BrN4/c1-4-19(13-9-7-6-8-12(13)17)10-14-15(16)11(3)18-20(14)5-2/h6-9H,4-5,10,17H2,1-3H3. The predicted molar refractivity (Wildman–Crippen MR) is 87.9 cm³/mol. The molecule has 2 rings (SSSR count). The summed E-state index contributed by atoms with van der Waals surface area (Å²) in [6, 6.07) is 7.98. The van der Waals surface area contributed by atoms with Crippen LogP contribution in [-0.4, -0.2) is 16.3 Å². The third kappa shape index (κ3) is 2.82. The maximum atomic E-state index is 6.09. The van der Waals surface area contributed by atoms with Crippen LogP contribution in [0.1, 0.15) is 25.2 Å². The maximum Gasteiger partial charge on any atom is 0.0739 e. The lowest BCUT2D eigenvalue weighted by molar-refractivity contribution is 0.607. The molecule has 0 saturated heterocycles. The molecule has 0 aliphatic heterocycles. The highest BCUT2D eigenvalue weighted by Gasteiger charge is 2.16. The number of rotatable bonds is 5. The minimum atomic E-state index is 0.792. The van der Waals surface area contributed by atoms with E-state index >= 15 is 0 Å². The fourth-order valence-electron chi connectivity index (χ4n) is 2.34. The zero-order valence-corrected chi connectivity index (χ0v) is 13.8. The van der Waals surface area contributed by atoms with Gasteiger partial charge in [0.25, 0.3) is 0 Å². The summed E-state index contributed by atoms with van der Waals surface area (Å²) in [5.74, 6) is 0. The highest BCUT2D eigenvalue weighted by Crippen LogP contribution is 2.27. The van der Waals surface area contributed by atoms with Crippen LogP contribution in [0.2, 0.25) is 0 Å². The number of nitrogens with two attached hydrogens (primary N) is 1. The second-order valence-corrected chi connectivity index (χ2v) is 5.53. The number of nitrogen functional groups attached to an aromatic ring is 1. The largest absolute Gasteiger partial charge is 0.397 e. The Bertz CT molecular complexity index is 592. The van der Waals surface area contributed by atoms with Crippen LogP contribution in [0, 0.1) is 6.92 Å². The molecule has 0 bridgehead atoms. The monoisotopic (exact) mass is 336 g/mol. The van der Waals surface area contributed by atoms with Gasteiger partial charge in [-0.2, -0.15) is 5.10 Å². The molecule has 1 heterocycles. The Morgan fingerprint density at radius 1 is 1.30 bits per heavy atom. The van der Waals surface area contributed by atoms with E-state index in [1.54, 1.807) is 0 Å². The zero-order chi connectivity index (χ0) is 14.7. The van der Waals surface area contributed by atoms with Gasteiger partial charge in [0, 0.05) is 13.1 Å². The topological polar surface area (TPSA) is 47.1 Å². The number of benzene rings is 1. The lowest BCUT2D eigenvalue weighted by Gasteiger charge is -2.25. The molecular formula is C15H21BrN4. The van der Waals surface area contributed by atoms with Crippen LogP contribution < -0.4 is 10.6 Å². The van der Waals surface area contributed by atoms with Crippen LogP contribution in [0.3, 0.4) is 0 Å². The highest BCUT2D eigenvalue weighted by molar-refractivity contribution is 9.10. The van der Waals surface area contributed by atoms with Gasteiger partial charge in [-0.15, -0.1) is 0 Å². The van der Waals surface area contributed by atoms with Crippen molar-refractivity contribution in [3.63, 3.8) is 0 Å². The Labute approximate surface area is 128 Å². The molecule has 0 spiro atoms. The van der Waals surface area contributed by atoms with Crippen LogP contribution in [0.5, 0.6) is 0 Å². The molecule has 20 heavy (non-hydrogen) atoms. The van der Waals surface area contributed by atoms with E-state index in [0.717, 1.165) is 41.2 Å². The van der Waals surface area contributed by atoms with Gasteiger partial charge in [-0.1, -0.05) is 12.1 Å². The molecule has 0 aliphatic carbocycles. The first kappa shape index (κ1) is 14.9. The molecular weight excluding hydrogens is 316 g/mol. The van der Waals surface area contributed by atoms with Gasteiger partial charge in [0.05, 0.1) is 33.8 Å². The van der Waals surface area contributed by atoms with Gasteiger partial charge < -0.3 is 10.6 Å². The molecule has 5 heteroatoms. The van der Waals surface area contributed by atoms with Crippen molar-refractivity contribution in [2.45, 2.75) is 33.9 Å². The highest BCUT2D eigenvalue weighted by atomic mass is 79.9. The molecule has 0 fully saturated rings. The normalized spacial score (nSPS) is 10.8. The summed E-state index contributed by atoms with van der Waals surface area (Å²) in [5.41, 5.74) is 10.2. The van der Waals surface area contributed by atoms with Crippen molar-refractivity contribution in [1.29, 1.82) is 0 Å². The molecule has 0 aliphatic rings. The molecule has 1 aromatic heterocycles. The van der Waals surface area contributed by atoms with Crippen LogP contribution in [0.25, 0.3) is 0 Å². The number of hydrogen-bond acceptors (Lipinski definition) is 3. The summed E-state index contributed by atoms with van der Waals surface area (Å²) in [7, 11) is 0. The summed E-state index contributed by atoms with van der Waals surface area (Å²) in [6.07, 6.45) is 0. The minimum Gasteiger partial charge on any atom is -0.397 e. The molecule has 2 aromatic rings. The van der Waals surface area contributed by atoms with Crippen molar-refractivity contribution in [2.24, 2.45) is 0 Å². The molecule has 1 aromatic carbocycles. The van der Waals surface area contributed by atoms with E-state index in [2.05, 4.69) is 45.8 Å². The number of aromatic nitrogens is 2. The van der Waals surface area contributed by atoms with Gasteiger partial charge in [-0.3, -0.25) is 4.68 Å². The lowest BCUT2D eigenvalue weighted by atomic mass is 10.2. The van der Waals surface area contributed by atoms with E-state index in [9.17, 15) is 0 Å². The van der Waals surface area contributed by atoms with E-state index in [1.165, 1.54) is 5.69 Å². The summed E-state index contributed by atoms with van der Waals surface area (Å²) >= 11 is 3.65. The third-order valence-electron chi connectivity index (χ3n) is 3.45. The second kappa shape index (κ2) is 6.31. The predicted octanol–water partition coefficient (Wildman–Crippen LogP) is 3.58. The Kier molecular flexibility index (Phi) is 4.70. The van der Waals surface area contributed by atoms with E-state index in [4.69, 9.17) is 5.73 Å². The SMILES string of the molecule is CCN(Cc1c(Br)c(C)nn1CC)c1ccccc1N. The van der Waals surface area contributed by atoms with E-state index in [-0.39, 0.29) is 0 Å². The van der Waals surface area contributed by atoms with Gasteiger partial charge >= 0.3 is 0 Å². The maximum absolute atomic E-state index is 6.09. The molecule has 4 nitrogen and oxygen atoms in total. The first-order valence-electron chi connectivity index (χ1n) is 6.89. The average Bonchev–Trinajstić information content (AvgIpc) is 2.73. The van der Waals surface area contributed by atoms with E-state index in [1.807, 2.05) is 29.8 Å². The molecule has 0 unspecified atom stereocenters. The Morgan fingerprint density at radius 3 is 2.60 bits per heavy atom. The van der Waals surface area contributed by atoms with Gasteiger partial charge in [-0.25, -0.2) is 0 Å². The first-order chi connectivity index (χ1) is 9.58. The second-order valence-electron chi connectivity index (χ2n) is 4.73. The minimum absolute atomic E-state index is 0.792. The van der Waals surface area contributed by atoms with Crippen LogP contribution >= 0.6 is 15.9 Å². The van der Waals surface area contributed by atoms with Crippen molar-refractivity contribution < 1.29 is 0 Å². The number of hydrogen-bond donors (Lipinski definition) is 1. The quantitative estimate of drug-likeness (QED) is 0.849. The molecule has 0 saturated carbocycles. The van der Waals surface area contributed by atoms with Crippen LogP contribution in [-0.2, 0) is 13.1 Å². The first-order valence-corrected chi connectivity index (χ1v) is 7.69. The summed E-state index contributed by atoms with van der Waals surface area (Å²) in [6.45, 7) is 8.82. The molecule has 2 N–H and O–H groups in total. The van der Waals surface area contributed by atoms with Crippen LogP contribution in [0.15, 0.2) is 28.7 Å². The third-order valence-corrected chi connectivity index (χ3v) is 4.48. The number of nitrogens with zero attached hydrogens (tertiary/aromatic N) is 3. The smallest absolute Gasteiger partial charge is 0.0739 e. The van der Waals surface area contributed by atoms with Gasteiger partial charge in [0.15, 0.2) is 0 Å². The van der Waals surface area contributed by atoms with Crippen molar-refractivity contribution in [1.82, 2.24) is 9.78 Å². The number of aryl methyl sites for hydroxylation is 2. The van der Waals surface area contributed by atoms with Crippen LogP contribution in [0.4, 0.5) is 11.4 Å². The Balaban J connectivity index is 2.34. The summed E-state index contributed by atoms with van der Waals surface area (Å²) < 4.78 is 3.13. The van der Waals surface area contributed by atoms with Gasteiger partial charge in [0.2, 0.25) is 0 Å². The molecule has 108 valence electrons. The number of anilines is 2. The number of halogens is 1. The lowest BCUT2D eigenvalue weighted by Crippen LogP contribution is -2.25. The fourth-order valence-corrected chi connectivity index (χ4v) is 2.75. The molecule has 0 radical (unpaired) electrons. The van der Waals surface area contributed by atoms with E-state index < -0.39 is 0 Å². The molecule has 0 amide bonds. The Morgan fingerprint density at radius 2 is 2.00 bits per heavy atom. The van der Waals surface area contributed by atoms with Gasteiger partial charge in [0.1, 0.15) is 0 Å². The van der Waals surface area contributed by atoms with Gasteiger partial charge in [-0.05, 0) is 48.8 Å². The van der Waals surface area contributed by atoms with Crippen molar-refractivity contribution >= 4 is 27.3 Å². The fraction of sp³-hybridized carbons (Fsp3) is 0.400. The Hall–Kier alpha value is -1.49. The number of para-hydroxylation sites is 2.